The van der Waals surface area contributed by atoms with E-state index in [4.69, 9.17) is 16.3 Å². The average Bonchev–Trinajstić information content (AvgIpc) is 2.82. The van der Waals surface area contributed by atoms with Gasteiger partial charge in [0.1, 0.15) is 0 Å². The smallest absolute Gasteiger partial charge is 0.0663 e. The molecule has 19 heavy (non-hydrogen) atoms. The lowest BCUT2D eigenvalue weighted by atomic mass is 10.2. The van der Waals surface area contributed by atoms with Crippen LogP contribution in [0.5, 0.6) is 0 Å². The van der Waals surface area contributed by atoms with Gasteiger partial charge in [-0.1, -0.05) is 23.7 Å². The first-order valence-electron chi connectivity index (χ1n) is 6.24. The predicted octanol–water partition coefficient (Wildman–Crippen LogP) is 2.32. The zero-order chi connectivity index (χ0) is 13.5. The van der Waals surface area contributed by atoms with Gasteiger partial charge in [0.05, 0.1) is 18.8 Å². The third-order valence-corrected chi connectivity index (χ3v) is 3.05. The molecule has 0 aliphatic heterocycles. The SMILES string of the molecule is COCCNCc1ccnn1Cc1cccc(Cl)c1. The number of ether oxygens (including phenoxy) is 1. The van der Waals surface area contributed by atoms with Crippen LogP contribution in [0.15, 0.2) is 36.5 Å². The van der Waals surface area contributed by atoms with E-state index in [9.17, 15) is 0 Å². The Kier molecular flexibility index (Phi) is 5.39. The van der Waals surface area contributed by atoms with Gasteiger partial charge >= 0.3 is 0 Å². The summed E-state index contributed by atoms with van der Waals surface area (Å²) in [7, 11) is 1.70. The quantitative estimate of drug-likeness (QED) is 0.791. The summed E-state index contributed by atoms with van der Waals surface area (Å²) < 4.78 is 6.98. The van der Waals surface area contributed by atoms with E-state index in [0.29, 0.717) is 6.61 Å². The van der Waals surface area contributed by atoms with Crippen LogP contribution < -0.4 is 5.32 Å². The van der Waals surface area contributed by atoms with E-state index in [1.165, 1.54) is 0 Å². The highest BCUT2D eigenvalue weighted by atomic mass is 35.5. The van der Waals surface area contributed by atoms with E-state index in [0.717, 1.165) is 35.9 Å². The van der Waals surface area contributed by atoms with Crippen molar-refractivity contribution >= 4 is 11.6 Å². The molecule has 1 N–H and O–H groups in total. The Morgan fingerprint density at radius 1 is 1.37 bits per heavy atom. The van der Waals surface area contributed by atoms with E-state index in [2.05, 4.69) is 16.5 Å². The number of benzene rings is 1. The molecular weight excluding hydrogens is 262 g/mol. The molecule has 0 unspecified atom stereocenters. The standard InChI is InChI=1S/C14H18ClN3O/c1-19-8-7-16-10-14-5-6-17-18(14)11-12-3-2-4-13(15)9-12/h2-6,9,16H,7-8,10-11H2,1H3. The molecule has 0 bridgehead atoms. The minimum Gasteiger partial charge on any atom is -0.383 e. The van der Waals surface area contributed by atoms with Crippen molar-refractivity contribution in [1.82, 2.24) is 15.1 Å². The van der Waals surface area contributed by atoms with Crippen molar-refractivity contribution in [3.8, 4) is 0 Å². The molecule has 1 aromatic carbocycles. The van der Waals surface area contributed by atoms with Crippen molar-refractivity contribution in [3.63, 3.8) is 0 Å². The first-order valence-corrected chi connectivity index (χ1v) is 6.62. The van der Waals surface area contributed by atoms with Gasteiger partial charge in [-0.2, -0.15) is 5.10 Å². The summed E-state index contributed by atoms with van der Waals surface area (Å²) in [6, 6.07) is 9.87. The van der Waals surface area contributed by atoms with Crippen molar-refractivity contribution in [1.29, 1.82) is 0 Å². The molecule has 1 aromatic heterocycles. The third kappa shape index (κ3) is 4.35. The van der Waals surface area contributed by atoms with Crippen LogP contribution in [0.3, 0.4) is 0 Å². The molecule has 1 heterocycles. The van der Waals surface area contributed by atoms with E-state index in [1.54, 1.807) is 7.11 Å². The first-order chi connectivity index (χ1) is 9.29. The second kappa shape index (κ2) is 7.28. The topological polar surface area (TPSA) is 39.1 Å². The van der Waals surface area contributed by atoms with Gasteiger partial charge in [0, 0.05) is 31.4 Å². The van der Waals surface area contributed by atoms with Crippen LogP contribution in [-0.4, -0.2) is 30.0 Å². The van der Waals surface area contributed by atoms with Gasteiger partial charge in [0.15, 0.2) is 0 Å². The molecular formula is C14H18ClN3O. The molecule has 5 heteroatoms. The Labute approximate surface area is 118 Å². The number of hydrogen-bond acceptors (Lipinski definition) is 3. The maximum atomic E-state index is 5.99. The summed E-state index contributed by atoms with van der Waals surface area (Å²) in [6.07, 6.45) is 1.82. The molecule has 0 amide bonds. The van der Waals surface area contributed by atoms with Crippen LogP contribution in [0.4, 0.5) is 0 Å². The van der Waals surface area contributed by atoms with E-state index >= 15 is 0 Å². The van der Waals surface area contributed by atoms with Crippen LogP contribution in [0.1, 0.15) is 11.3 Å². The van der Waals surface area contributed by atoms with Crippen molar-refractivity contribution in [2.24, 2.45) is 0 Å². The second-order valence-corrected chi connectivity index (χ2v) is 4.72. The fraction of sp³-hybridized carbons (Fsp3) is 0.357. The van der Waals surface area contributed by atoms with E-state index in [1.807, 2.05) is 35.1 Å². The van der Waals surface area contributed by atoms with Gasteiger partial charge in [0.2, 0.25) is 0 Å². The number of aromatic nitrogens is 2. The molecule has 0 radical (unpaired) electrons. The second-order valence-electron chi connectivity index (χ2n) is 4.28. The largest absolute Gasteiger partial charge is 0.383 e. The Balaban J connectivity index is 1.95. The lowest BCUT2D eigenvalue weighted by molar-refractivity contribution is 0.199. The number of rotatable bonds is 7. The highest BCUT2D eigenvalue weighted by Crippen LogP contribution is 2.12. The zero-order valence-electron chi connectivity index (χ0n) is 11.0. The van der Waals surface area contributed by atoms with Crippen molar-refractivity contribution < 1.29 is 4.74 Å². The Morgan fingerprint density at radius 3 is 3.05 bits per heavy atom. The predicted molar refractivity (Wildman–Crippen MR) is 76.4 cm³/mol. The zero-order valence-corrected chi connectivity index (χ0v) is 11.7. The molecule has 2 aromatic rings. The lowest BCUT2D eigenvalue weighted by Crippen LogP contribution is -2.21. The van der Waals surface area contributed by atoms with Gasteiger partial charge in [-0.15, -0.1) is 0 Å². The van der Waals surface area contributed by atoms with Gasteiger partial charge in [-0.25, -0.2) is 0 Å². The van der Waals surface area contributed by atoms with Crippen molar-refractivity contribution in [2.45, 2.75) is 13.1 Å². The van der Waals surface area contributed by atoms with E-state index < -0.39 is 0 Å². The summed E-state index contributed by atoms with van der Waals surface area (Å²) in [5, 5.41) is 8.41. The minimum absolute atomic E-state index is 0.711. The number of hydrogen-bond donors (Lipinski definition) is 1. The summed E-state index contributed by atoms with van der Waals surface area (Å²) in [4.78, 5) is 0. The molecule has 0 spiro atoms. The van der Waals surface area contributed by atoms with Gasteiger partial charge in [-0.05, 0) is 23.8 Å². The molecule has 4 nitrogen and oxygen atoms in total. The van der Waals surface area contributed by atoms with E-state index in [-0.39, 0.29) is 0 Å². The molecule has 2 rings (SSSR count). The van der Waals surface area contributed by atoms with Gasteiger partial charge < -0.3 is 10.1 Å². The summed E-state index contributed by atoms with van der Waals surface area (Å²) in [5.41, 5.74) is 2.30. The highest BCUT2D eigenvalue weighted by molar-refractivity contribution is 6.30. The maximum absolute atomic E-state index is 5.99. The summed E-state index contributed by atoms with van der Waals surface area (Å²) in [6.45, 7) is 3.06. The molecule has 0 aliphatic rings. The average molecular weight is 280 g/mol. The molecule has 0 saturated carbocycles. The van der Waals surface area contributed by atoms with Crippen LogP contribution in [0.25, 0.3) is 0 Å². The Hall–Kier alpha value is -1.36. The number of nitrogens with one attached hydrogen (secondary N) is 1. The Morgan fingerprint density at radius 2 is 2.26 bits per heavy atom. The molecule has 0 saturated heterocycles. The third-order valence-electron chi connectivity index (χ3n) is 2.81. The summed E-state index contributed by atoms with van der Waals surface area (Å²) in [5.74, 6) is 0. The van der Waals surface area contributed by atoms with Crippen molar-refractivity contribution in [2.75, 3.05) is 20.3 Å². The number of methoxy groups -OCH3 is 1. The number of halogens is 1. The Bertz CT molecular complexity index is 513. The fourth-order valence-electron chi connectivity index (χ4n) is 1.85. The van der Waals surface area contributed by atoms with Gasteiger partial charge in [0.25, 0.3) is 0 Å². The first kappa shape index (κ1) is 14.1. The van der Waals surface area contributed by atoms with Crippen molar-refractivity contribution in [3.05, 3.63) is 52.8 Å². The molecule has 0 fully saturated rings. The van der Waals surface area contributed by atoms with Gasteiger partial charge in [-0.3, -0.25) is 4.68 Å². The fourth-order valence-corrected chi connectivity index (χ4v) is 2.06. The molecule has 102 valence electrons. The van der Waals surface area contributed by atoms with Crippen LogP contribution in [0.2, 0.25) is 5.02 Å². The van der Waals surface area contributed by atoms with Crippen LogP contribution in [-0.2, 0) is 17.8 Å². The number of nitrogens with zero attached hydrogens (tertiary/aromatic N) is 2. The molecule has 0 aliphatic carbocycles. The monoisotopic (exact) mass is 279 g/mol. The molecule has 0 atom stereocenters. The normalized spacial score (nSPS) is 10.8. The summed E-state index contributed by atoms with van der Waals surface area (Å²) >= 11 is 5.99. The highest BCUT2D eigenvalue weighted by Gasteiger charge is 2.03. The van der Waals surface area contributed by atoms with Crippen LogP contribution >= 0.6 is 11.6 Å². The van der Waals surface area contributed by atoms with Crippen LogP contribution in [0, 0.1) is 0 Å². The lowest BCUT2D eigenvalue weighted by Gasteiger charge is -2.09. The minimum atomic E-state index is 0.711. The maximum Gasteiger partial charge on any atom is 0.0663 e.